The lowest BCUT2D eigenvalue weighted by atomic mass is 10.0. The maximum atomic E-state index is 14.5. The van der Waals surface area contributed by atoms with E-state index >= 15 is 0 Å². The summed E-state index contributed by atoms with van der Waals surface area (Å²) in [4.78, 5) is 21.2. The number of rotatable bonds is 10. The molecular weight excluding hydrogens is 568 g/mol. The predicted octanol–water partition coefficient (Wildman–Crippen LogP) is 3.41. The molecule has 18 heteroatoms. The Hall–Kier alpha value is -3.06. The third-order valence-corrected chi connectivity index (χ3v) is 6.17. The van der Waals surface area contributed by atoms with Crippen LogP contribution in [0.4, 0.5) is 46.6 Å². The molecule has 0 unspecified atom stereocenters. The van der Waals surface area contributed by atoms with Crippen molar-refractivity contribution in [2.45, 2.75) is 36.3 Å². The van der Waals surface area contributed by atoms with Gasteiger partial charge in [0.1, 0.15) is 0 Å². The molecule has 0 saturated carbocycles. The molecule has 1 amide bonds. The van der Waals surface area contributed by atoms with E-state index in [2.05, 4.69) is 4.98 Å². The number of aryl methyl sites for hydroxylation is 1. The highest BCUT2D eigenvalue weighted by Gasteiger charge is 2.73. The van der Waals surface area contributed by atoms with E-state index in [-0.39, 0.29) is 47.5 Å². The van der Waals surface area contributed by atoms with E-state index in [1.54, 1.807) is 13.0 Å². The van der Waals surface area contributed by atoms with Crippen LogP contribution in [0.25, 0.3) is 0 Å². The van der Waals surface area contributed by atoms with Gasteiger partial charge in [-0.2, -0.15) is 36.2 Å². The van der Waals surface area contributed by atoms with Gasteiger partial charge in [-0.3, -0.25) is 15.2 Å². The van der Waals surface area contributed by atoms with E-state index in [4.69, 9.17) is 21.2 Å². The van der Waals surface area contributed by atoms with Crippen molar-refractivity contribution in [3.05, 3.63) is 46.9 Å². The quantitative estimate of drug-likeness (QED) is 0.0543. The Morgan fingerprint density at radius 2 is 1.87 bits per heavy atom. The third kappa shape index (κ3) is 7.13. The molecule has 0 spiro atoms. The van der Waals surface area contributed by atoms with Crippen LogP contribution in [0.1, 0.15) is 27.9 Å². The number of alkyl halides is 7. The highest BCUT2D eigenvalue weighted by molar-refractivity contribution is 8.13. The van der Waals surface area contributed by atoms with Gasteiger partial charge in [0.05, 0.1) is 12.7 Å². The topological polar surface area (TPSA) is 141 Å². The number of aromatic nitrogens is 1. The number of amides is 1. The fraction of sp³-hybridized carbons (Fsp3) is 0.381. The standard InChI is InChI=1S/C21H22F8N6O3S/c1-10-6-12(34-38-2)8-13(15(10)39-18(30)35(31)4-3-5-36)17(37)33-16-14(22)7-11(9-32-16)19(23,24)20(25,26)21(27,28)29/h6-9,30,34,36H,3-5,31H2,1-2H3,(H,32,33,37)/p+1. The number of anilines is 1. The Bertz CT molecular complexity index is 1210. The molecule has 0 radical (unpaired) electrons. The largest absolute Gasteiger partial charge is 0.460 e. The van der Waals surface area contributed by atoms with Crippen LogP contribution in [-0.2, 0) is 10.8 Å². The van der Waals surface area contributed by atoms with Crippen molar-refractivity contribution in [1.82, 2.24) is 9.99 Å². The number of nitrogens with two attached hydrogens (primary N) is 2. The number of nitrogens with zero attached hydrogens (tertiary/aromatic N) is 2. The molecular formula is C21H23F8N6O3S+. The van der Waals surface area contributed by atoms with Crippen molar-refractivity contribution in [1.29, 1.82) is 5.41 Å². The van der Waals surface area contributed by atoms with Crippen molar-refractivity contribution >= 4 is 34.3 Å². The highest BCUT2D eigenvalue weighted by Crippen LogP contribution is 2.51. The number of carbonyl (C=O) groups excluding carboxylic acids is 1. The minimum atomic E-state index is -6.64. The minimum Gasteiger partial charge on any atom is -0.396 e. The van der Waals surface area contributed by atoms with Gasteiger partial charge in [-0.05, 0) is 25.0 Å². The average Bonchev–Trinajstić information content (AvgIpc) is 2.84. The number of nitrogens with one attached hydrogen (secondary N) is 2. The Labute approximate surface area is 220 Å². The Kier molecular flexibility index (Phi) is 10.2. The summed E-state index contributed by atoms with van der Waals surface area (Å²) >= 11 is 0.720. The SMILES string of the molecule is CO[NH2+]c1cc(C)c(SC(=N)N(N)CCCO)c(C(=O)Nc2ncc(C(F)(F)C(F)(F)C(F)(F)F)cc2F)c1. The van der Waals surface area contributed by atoms with Gasteiger partial charge < -0.3 is 10.4 Å². The molecule has 1 heterocycles. The monoisotopic (exact) mass is 591 g/mol. The summed E-state index contributed by atoms with van der Waals surface area (Å²) in [5.41, 5.74) is -0.240. The normalized spacial score (nSPS) is 12.4. The average molecular weight is 592 g/mol. The van der Waals surface area contributed by atoms with E-state index in [1.165, 1.54) is 18.7 Å². The summed E-state index contributed by atoms with van der Waals surface area (Å²) < 4.78 is 106. The molecule has 0 aliphatic heterocycles. The molecule has 2 aromatic rings. The van der Waals surface area contributed by atoms with Crippen LogP contribution in [0.3, 0.4) is 0 Å². The number of halogens is 8. The zero-order chi connectivity index (χ0) is 29.8. The molecule has 39 heavy (non-hydrogen) atoms. The fourth-order valence-electron chi connectivity index (χ4n) is 3.04. The summed E-state index contributed by atoms with van der Waals surface area (Å²) in [6.45, 7) is 1.46. The Morgan fingerprint density at radius 3 is 2.41 bits per heavy atom. The summed E-state index contributed by atoms with van der Waals surface area (Å²) in [5.74, 6) is -10.6. The van der Waals surface area contributed by atoms with Gasteiger partial charge in [0.2, 0.25) is 0 Å². The summed E-state index contributed by atoms with van der Waals surface area (Å²) in [7, 11) is 1.32. The van der Waals surface area contributed by atoms with Crippen LogP contribution in [0.15, 0.2) is 29.3 Å². The van der Waals surface area contributed by atoms with Crippen molar-refractivity contribution in [2.24, 2.45) is 5.84 Å². The first-order valence-corrected chi connectivity index (χ1v) is 11.5. The van der Waals surface area contributed by atoms with E-state index in [0.717, 1.165) is 16.8 Å². The molecule has 0 atom stereocenters. The number of hydrogen-bond donors (Lipinski definition) is 5. The summed E-state index contributed by atoms with van der Waals surface area (Å²) in [6, 6.07) is 2.54. The first-order valence-electron chi connectivity index (χ1n) is 10.7. The van der Waals surface area contributed by atoms with E-state index < -0.39 is 41.1 Å². The molecule has 0 bridgehead atoms. The lowest BCUT2D eigenvalue weighted by molar-refractivity contribution is -0.830. The number of aliphatic hydroxyl groups is 1. The Balaban J connectivity index is 2.43. The molecule has 1 aromatic carbocycles. The number of hydrogen-bond acceptors (Lipinski definition) is 7. The minimum absolute atomic E-state index is 0.0952. The highest BCUT2D eigenvalue weighted by atomic mass is 32.2. The Morgan fingerprint density at radius 1 is 1.23 bits per heavy atom. The van der Waals surface area contributed by atoms with E-state index in [0.29, 0.717) is 11.3 Å². The van der Waals surface area contributed by atoms with Crippen LogP contribution in [-0.4, -0.2) is 58.5 Å². The molecule has 216 valence electrons. The number of pyridine rings is 1. The van der Waals surface area contributed by atoms with E-state index in [1.807, 2.05) is 5.32 Å². The van der Waals surface area contributed by atoms with Gasteiger partial charge in [0.25, 0.3) is 5.91 Å². The van der Waals surface area contributed by atoms with Crippen LogP contribution >= 0.6 is 11.8 Å². The fourth-order valence-corrected chi connectivity index (χ4v) is 3.93. The van der Waals surface area contributed by atoms with Gasteiger partial charge in [0.15, 0.2) is 22.5 Å². The van der Waals surface area contributed by atoms with Gasteiger partial charge in [-0.15, -0.1) is 0 Å². The second-order valence-corrected chi connectivity index (χ2v) is 8.90. The number of quaternary nitrogens is 1. The molecule has 0 aliphatic rings. The third-order valence-electron chi connectivity index (χ3n) is 5.00. The van der Waals surface area contributed by atoms with E-state index in [9.17, 15) is 39.9 Å². The number of amidine groups is 1. The lowest BCUT2D eigenvalue weighted by Crippen LogP contribution is -2.76. The molecule has 0 saturated heterocycles. The maximum absolute atomic E-state index is 14.5. The van der Waals surface area contributed by atoms with Crippen LogP contribution in [0, 0.1) is 18.2 Å². The van der Waals surface area contributed by atoms with Crippen LogP contribution in [0.2, 0.25) is 0 Å². The van der Waals surface area contributed by atoms with Crippen LogP contribution in [0.5, 0.6) is 0 Å². The zero-order valence-corrected chi connectivity index (χ0v) is 21.0. The number of hydrazine groups is 1. The van der Waals surface area contributed by atoms with Gasteiger partial charge in [-0.1, -0.05) is 11.8 Å². The second kappa shape index (κ2) is 12.4. The number of carbonyl (C=O) groups is 1. The smallest absolute Gasteiger partial charge is 0.396 e. The number of aliphatic hydroxyl groups excluding tert-OH is 1. The van der Waals surface area contributed by atoms with Crippen LogP contribution < -0.4 is 16.6 Å². The maximum Gasteiger partial charge on any atom is 0.460 e. The van der Waals surface area contributed by atoms with Gasteiger partial charge in [-0.25, -0.2) is 20.1 Å². The molecule has 2 rings (SSSR count). The molecule has 1 aromatic heterocycles. The zero-order valence-electron chi connectivity index (χ0n) is 20.2. The molecule has 0 fully saturated rings. The summed E-state index contributed by atoms with van der Waals surface area (Å²) in [5, 5.41) is 19.8. The molecule has 7 N–H and O–H groups in total. The van der Waals surface area contributed by atoms with Gasteiger partial charge in [0, 0.05) is 41.9 Å². The predicted molar refractivity (Wildman–Crippen MR) is 123 cm³/mol. The summed E-state index contributed by atoms with van der Waals surface area (Å²) in [6.07, 6.45) is -6.51. The van der Waals surface area contributed by atoms with Crippen molar-refractivity contribution < 1.29 is 55.3 Å². The van der Waals surface area contributed by atoms with Crippen molar-refractivity contribution in [2.75, 3.05) is 25.6 Å². The first-order chi connectivity index (χ1) is 18.0. The first kappa shape index (κ1) is 32.2. The lowest BCUT2D eigenvalue weighted by Gasteiger charge is -2.28. The molecule has 0 aliphatic carbocycles. The van der Waals surface area contributed by atoms with Crippen molar-refractivity contribution in [3.63, 3.8) is 0 Å². The second-order valence-electron chi connectivity index (χ2n) is 7.90. The number of thioether (sulfide) groups is 1. The van der Waals surface area contributed by atoms with Gasteiger partial charge >= 0.3 is 18.0 Å². The van der Waals surface area contributed by atoms with Crippen molar-refractivity contribution in [3.8, 4) is 0 Å². The number of benzene rings is 1. The molecule has 9 nitrogen and oxygen atoms in total.